The molecule has 1 aromatic heterocycles. The molecule has 0 saturated heterocycles. The summed E-state index contributed by atoms with van der Waals surface area (Å²) in [6, 6.07) is 11.7. The minimum Gasteiger partial charge on any atom is -0.354 e. The van der Waals surface area contributed by atoms with E-state index in [0.717, 1.165) is 23.6 Å². The number of rotatable bonds is 5. The second-order valence-electron chi connectivity index (χ2n) is 5.08. The first-order valence-corrected chi connectivity index (χ1v) is 7.38. The van der Waals surface area contributed by atoms with E-state index in [1.165, 1.54) is 0 Å². The summed E-state index contributed by atoms with van der Waals surface area (Å²) in [4.78, 5) is 20.7. The van der Waals surface area contributed by atoms with Gasteiger partial charge in [0.2, 0.25) is 5.91 Å². The van der Waals surface area contributed by atoms with Crippen LogP contribution < -0.4 is 10.6 Å². The van der Waals surface area contributed by atoms with Gasteiger partial charge in [0.1, 0.15) is 11.9 Å². The molecule has 0 aliphatic carbocycles. The molecule has 2 aromatic rings. The smallest absolute Gasteiger partial charge is 0.241 e. The maximum Gasteiger partial charge on any atom is 0.241 e. The summed E-state index contributed by atoms with van der Waals surface area (Å²) in [6.07, 6.45) is 6.20. The van der Waals surface area contributed by atoms with E-state index in [4.69, 9.17) is 0 Å². The molecule has 1 aromatic carbocycles. The molecule has 0 fully saturated rings. The number of aromatic nitrogens is 2. The first-order chi connectivity index (χ1) is 10.8. The van der Waals surface area contributed by atoms with Crippen LogP contribution in [0.1, 0.15) is 5.82 Å². The van der Waals surface area contributed by atoms with Crippen molar-refractivity contribution in [3.8, 4) is 11.3 Å². The Balaban J connectivity index is 1.57. The SMILES string of the molecule is O=C(NCCc1nccc(-c2ccccc2)n1)[C@H]1C=CCN1. The van der Waals surface area contributed by atoms with Crippen LogP contribution in [0.3, 0.4) is 0 Å². The number of benzene rings is 1. The zero-order valence-electron chi connectivity index (χ0n) is 12.2. The van der Waals surface area contributed by atoms with Gasteiger partial charge in [-0.3, -0.25) is 10.1 Å². The van der Waals surface area contributed by atoms with Gasteiger partial charge in [0.15, 0.2) is 0 Å². The van der Waals surface area contributed by atoms with Gasteiger partial charge in [0.25, 0.3) is 0 Å². The predicted molar refractivity (Wildman–Crippen MR) is 85.1 cm³/mol. The maximum atomic E-state index is 11.9. The minimum atomic E-state index is -0.212. The van der Waals surface area contributed by atoms with Crippen LogP contribution in [0.2, 0.25) is 0 Å². The lowest BCUT2D eigenvalue weighted by Gasteiger charge is -2.10. The molecule has 0 saturated carbocycles. The van der Waals surface area contributed by atoms with E-state index >= 15 is 0 Å². The summed E-state index contributed by atoms with van der Waals surface area (Å²) in [5.74, 6) is 0.726. The van der Waals surface area contributed by atoms with Crippen molar-refractivity contribution < 1.29 is 4.79 Å². The van der Waals surface area contributed by atoms with Crippen LogP contribution in [0.25, 0.3) is 11.3 Å². The van der Waals surface area contributed by atoms with E-state index in [1.807, 2.05) is 48.6 Å². The van der Waals surface area contributed by atoms with Crippen molar-refractivity contribution in [2.75, 3.05) is 13.1 Å². The molecule has 5 nitrogen and oxygen atoms in total. The Bertz CT molecular complexity index is 669. The summed E-state index contributed by atoms with van der Waals surface area (Å²) >= 11 is 0. The molecule has 0 unspecified atom stereocenters. The Kier molecular flexibility index (Phi) is 4.56. The van der Waals surface area contributed by atoms with Crippen LogP contribution in [-0.4, -0.2) is 35.0 Å². The molecule has 0 bridgehead atoms. The lowest BCUT2D eigenvalue weighted by molar-refractivity contribution is -0.121. The molecular weight excluding hydrogens is 276 g/mol. The lowest BCUT2D eigenvalue weighted by atomic mass is 10.1. The Hall–Kier alpha value is -2.53. The summed E-state index contributed by atoms with van der Waals surface area (Å²) in [6.45, 7) is 1.28. The van der Waals surface area contributed by atoms with Crippen molar-refractivity contribution in [1.82, 2.24) is 20.6 Å². The zero-order valence-corrected chi connectivity index (χ0v) is 12.2. The highest BCUT2D eigenvalue weighted by molar-refractivity contribution is 5.84. The van der Waals surface area contributed by atoms with Crippen LogP contribution in [-0.2, 0) is 11.2 Å². The van der Waals surface area contributed by atoms with Crippen LogP contribution in [0.5, 0.6) is 0 Å². The van der Waals surface area contributed by atoms with Crippen molar-refractivity contribution in [1.29, 1.82) is 0 Å². The van der Waals surface area contributed by atoms with Crippen LogP contribution in [0, 0.1) is 0 Å². The van der Waals surface area contributed by atoms with E-state index < -0.39 is 0 Å². The minimum absolute atomic E-state index is 0.00651. The van der Waals surface area contributed by atoms with Gasteiger partial charge in [-0.25, -0.2) is 9.97 Å². The van der Waals surface area contributed by atoms with Gasteiger partial charge in [0.05, 0.1) is 5.69 Å². The fourth-order valence-corrected chi connectivity index (χ4v) is 2.34. The van der Waals surface area contributed by atoms with Crippen molar-refractivity contribution in [2.24, 2.45) is 0 Å². The van der Waals surface area contributed by atoms with Gasteiger partial charge >= 0.3 is 0 Å². The van der Waals surface area contributed by atoms with E-state index in [-0.39, 0.29) is 11.9 Å². The summed E-state index contributed by atoms with van der Waals surface area (Å²) in [5.41, 5.74) is 1.97. The highest BCUT2D eigenvalue weighted by atomic mass is 16.2. The highest BCUT2D eigenvalue weighted by Crippen LogP contribution is 2.15. The Morgan fingerprint density at radius 3 is 2.91 bits per heavy atom. The van der Waals surface area contributed by atoms with E-state index in [0.29, 0.717) is 13.0 Å². The van der Waals surface area contributed by atoms with Gasteiger partial charge in [-0.1, -0.05) is 42.5 Å². The molecule has 1 aliphatic rings. The second-order valence-corrected chi connectivity index (χ2v) is 5.08. The first kappa shape index (κ1) is 14.4. The molecule has 2 N–H and O–H groups in total. The average molecular weight is 294 g/mol. The Labute approximate surface area is 129 Å². The van der Waals surface area contributed by atoms with E-state index in [9.17, 15) is 4.79 Å². The topological polar surface area (TPSA) is 66.9 Å². The van der Waals surface area contributed by atoms with Gasteiger partial charge < -0.3 is 5.32 Å². The number of amides is 1. The van der Waals surface area contributed by atoms with Gasteiger partial charge in [-0.2, -0.15) is 0 Å². The number of carbonyl (C=O) groups excluding carboxylic acids is 1. The lowest BCUT2D eigenvalue weighted by Crippen LogP contribution is -2.41. The Morgan fingerprint density at radius 2 is 2.14 bits per heavy atom. The summed E-state index contributed by atoms with van der Waals surface area (Å²) in [5, 5.41) is 5.98. The number of carbonyl (C=O) groups is 1. The molecule has 3 rings (SSSR count). The molecule has 1 amide bonds. The van der Waals surface area contributed by atoms with Gasteiger partial charge in [-0.05, 0) is 6.07 Å². The zero-order chi connectivity index (χ0) is 15.2. The van der Waals surface area contributed by atoms with Crippen molar-refractivity contribution in [2.45, 2.75) is 12.5 Å². The molecule has 1 atom stereocenters. The second kappa shape index (κ2) is 6.95. The standard InChI is InChI=1S/C17H18N4O/c22-17(15-7-4-10-18-15)20-12-9-16-19-11-8-14(21-16)13-5-2-1-3-6-13/h1-8,11,15,18H,9-10,12H2,(H,20,22)/t15-/m1/s1. The molecule has 22 heavy (non-hydrogen) atoms. The number of nitrogens with zero attached hydrogens (tertiary/aromatic N) is 2. The predicted octanol–water partition coefficient (Wildman–Crippen LogP) is 1.33. The van der Waals surface area contributed by atoms with Crippen molar-refractivity contribution in [3.63, 3.8) is 0 Å². The molecule has 112 valence electrons. The van der Waals surface area contributed by atoms with Crippen LogP contribution >= 0.6 is 0 Å². The quantitative estimate of drug-likeness (QED) is 0.817. The van der Waals surface area contributed by atoms with Crippen molar-refractivity contribution in [3.05, 3.63) is 60.6 Å². The maximum absolute atomic E-state index is 11.9. The molecule has 0 spiro atoms. The molecule has 2 heterocycles. The van der Waals surface area contributed by atoms with E-state index in [1.54, 1.807) is 6.20 Å². The molecule has 5 heteroatoms. The first-order valence-electron chi connectivity index (χ1n) is 7.38. The fourth-order valence-electron chi connectivity index (χ4n) is 2.34. The van der Waals surface area contributed by atoms with Crippen LogP contribution in [0.15, 0.2) is 54.7 Å². The third-order valence-corrected chi connectivity index (χ3v) is 3.49. The normalized spacial score (nSPS) is 16.6. The third kappa shape index (κ3) is 3.56. The van der Waals surface area contributed by atoms with Crippen molar-refractivity contribution >= 4 is 5.91 Å². The third-order valence-electron chi connectivity index (χ3n) is 3.49. The Morgan fingerprint density at radius 1 is 1.27 bits per heavy atom. The summed E-state index contributed by atoms with van der Waals surface area (Å²) in [7, 11) is 0. The van der Waals surface area contributed by atoms with Gasteiger partial charge in [0, 0.05) is 31.3 Å². The molecule has 0 radical (unpaired) electrons. The largest absolute Gasteiger partial charge is 0.354 e. The molecular formula is C17H18N4O. The monoisotopic (exact) mass is 294 g/mol. The van der Waals surface area contributed by atoms with Crippen LogP contribution in [0.4, 0.5) is 0 Å². The summed E-state index contributed by atoms with van der Waals surface area (Å²) < 4.78 is 0. The van der Waals surface area contributed by atoms with E-state index in [2.05, 4.69) is 20.6 Å². The molecule has 1 aliphatic heterocycles. The number of hydrogen-bond acceptors (Lipinski definition) is 4. The fraction of sp³-hybridized carbons (Fsp3) is 0.235. The number of hydrogen-bond donors (Lipinski definition) is 2. The van der Waals surface area contributed by atoms with Gasteiger partial charge in [-0.15, -0.1) is 0 Å². The number of nitrogens with one attached hydrogen (secondary N) is 2. The highest BCUT2D eigenvalue weighted by Gasteiger charge is 2.16. The average Bonchev–Trinajstić information content (AvgIpc) is 3.10.